The molecule has 1 fully saturated rings. The molecule has 2 heteroatoms. The van der Waals surface area contributed by atoms with E-state index in [1.807, 2.05) is 6.08 Å². The fourth-order valence-corrected chi connectivity index (χ4v) is 3.00. The molecule has 0 radical (unpaired) electrons. The van der Waals surface area contributed by atoms with Crippen LogP contribution in [0.15, 0.2) is 12.7 Å². The van der Waals surface area contributed by atoms with E-state index in [-0.39, 0.29) is 5.60 Å². The summed E-state index contributed by atoms with van der Waals surface area (Å²) in [6.45, 7) is 10.1. The molecule has 1 saturated carbocycles. The Bertz CT molecular complexity index is 203. The third kappa shape index (κ3) is 4.11. The standard InChI is InChI=1S/C15H29NO/c1-4-10-14(16-13-5-2)15(17-6-3)11-8-7-9-12-15/h4,14,16H,1,5-13H2,2-3H3. The van der Waals surface area contributed by atoms with E-state index >= 15 is 0 Å². The molecule has 2 nitrogen and oxygen atoms in total. The second kappa shape index (κ2) is 7.88. The molecule has 0 aromatic heterocycles. The SMILES string of the molecule is C=CCC(NCCC)C1(OCC)CCCCC1. The first kappa shape index (κ1) is 14.7. The summed E-state index contributed by atoms with van der Waals surface area (Å²) in [5, 5.41) is 3.67. The second-order valence-corrected chi connectivity index (χ2v) is 5.09. The molecular formula is C15H29NO. The van der Waals surface area contributed by atoms with Gasteiger partial charge in [0.1, 0.15) is 0 Å². The van der Waals surface area contributed by atoms with Crippen molar-refractivity contribution in [2.75, 3.05) is 13.2 Å². The van der Waals surface area contributed by atoms with Gasteiger partial charge in [-0.05, 0) is 39.2 Å². The van der Waals surface area contributed by atoms with Gasteiger partial charge in [-0.2, -0.15) is 0 Å². The summed E-state index contributed by atoms with van der Waals surface area (Å²) in [6.07, 6.45) is 10.6. The summed E-state index contributed by atoms with van der Waals surface area (Å²) in [5.74, 6) is 0. The molecule has 0 aromatic carbocycles. The molecule has 0 aliphatic heterocycles. The molecule has 1 aliphatic rings. The molecule has 1 N–H and O–H groups in total. The summed E-state index contributed by atoms with van der Waals surface area (Å²) < 4.78 is 6.17. The Morgan fingerprint density at radius 1 is 1.29 bits per heavy atom. The summed E-state index contributed by atoms with van der Waals surface area (Å²) in [5.41, 5.74) is 0.0658. The van der Waals surface area contributed by atoms with Crippen molar-refractivity contribution in [3.63, 3.8) is 0 Å². The molecule has 100 valence electrons. The fourth-order valence-electron chi connectivity index (χ4n) is 3.00. The van der Waals surface area contributed by atoms with Gasteiger partial charge in [-0.1, -0.05) is 32.3 Å². The largest absolute Gasteiger partial charge is 0.374 e. The minimum Gasteiger partial charge on any atom is -0.374 e. The van der Waals surface area contributed by atoms with Gasteiger partial charge >= 0.3 is 0 Å². The Hall–Kier alpha value is -0.340. The number of hydrogen-bond donors (Lipinski definition) is 1. The molecule has 1 atom stereocenters. The second-order valence-electron chi connectivity index (χ2n) is 5.09. The van der Waals surface area contributed by atoms with Gasteiger partial charge < -0.3 is 10.1 Å². The maximum absolute atomic E-state index is 6.17. The molecule has 0 heterocycles. The lowest BCUT2D eigenvalue weighted by Crippen LogP contribution is -2.53. The van der Waals surface area contributed by atoms with E-state index in [2.05, 4.69) is 25.7 Å². The van der Waals surface area contributed by atoms with Crippen molar-refractivity contribution in [1.82, 2.24) is 5.32 Å². The Morgan fingerprint density at radius 3 is 2.53 bits per heavy atom. The minimum absolute atomic E-state index is 0.0658. The normalized spacial score (nSPS) is 21.1. The molecule has 1 unspecified atom stereocenters. The van der Waals surface area contributed by atoms with E-state index in [1.165, 1.54) is 38.5 Å². The average Bonchev–Trinajstić information content (AvgIpc) is 2.36. The summed E-state index contributed by atoms with van der Waals surface area (Å²) in [7, 11) is 0. The van der Waals surface area contributed by atoms with E-state index in [4.69, 9.17) is 4.74 Å². The van der Waals surface area contributed by atoms with Crippen molar-refractivity contribution in [2.45, 2.75) is 70.4 Å². The Morgan fingerprint density at radius 2 is 2.00 bits per heavy atom. The predicted molar refractivity (Wildman–Crippen MR) is 74.3 cm³/mol. The van der Waals surface area contributed by atoms with Crippen LogP contribution in [0.25, 0.3) is 0 Å². The Kier molecular flexibility index (Phi) is 6.83. The average molecular weight is 239 g/mol. The lowest BCUT2D eigenvalue weighted by atomic mass is 9.78. The fraction of sp³-hybridized carbons (Fsp3) is 0.867. The minimum atomic E-state index is 0.0658. The van der Waals surface area contributed by atoms with Crippen LogP contribution in [0.2, 0.25) is 0 Å². The van der Waals surface area contributed by atoms with Gasteiger partial charge in [0.2, 0.25) is 0 Å². The van der Waals surface area contributed by atoms with Crippen molar-refractivity contribution in [1.29, 1.82) is 0 Å². The van der Waals surface area contributed by atoms with Crippen LogP contribution in [0, 0.1) is 0 Å². The summed E-state index contributed by atoms with van der Waals surface area (Å²) in [4.78, 5) is 0. The summed E-state index contributed by atoms with van der Waals surface area (Å²) >= 11 is 0. The zero-order valence-electron chi connectivity index (χ0n) is 11.6. The highest BCUT2D eigenvalue weighted by Gasteiger charge is 2.39. The van der Waals surface area contributed by atoms with Gasteiger partial charge in [-0.15, -0.1) is 6.58 Å². The molecule has 0 amide bonds. The quantitative estimate of drug-likeness (QED) is 0.653. The van der Waals surface area contributed by atoms with E-state index in [0.717, 1.165) is 19.6 Å². The van der Waals surface area contributed by atoms with Crippen LogP contribution >= 0.6 is 0 Å². The molecular weight excluding hydrogens is 210 g/mol. The predicted octanol–water partition coefficient (Wildman–Crippen LogP) is 3.67. The third-order valence-electron chi connectivity index (χ3n) is 3.81. The van der Waals surface area contributed by atoms with Crippen LogP contribution in [-0.4, -0.2) is 24.8 Å². The topological polar surface area (TPSA) is 21.3 Å². The van der Waals surface area contributed by atoms with E-state index in [9.17, 15) is 0 Å². The maximum atomic E-state index is 6.17. The van der Waals surface area contributed by atoms with Crippen LogP contribution in [0.5, 0.6) is 0 Å². The van der Waals surface area contributed by atoms with Crippen molar-refractivity contribution in [2.24, 2.45) is 0 Å². The zero-order valence-corrected chi connectivity index (χ0v) is 11.6. The number of rotatable bonds is 8. The van der Waals surface area contributed by atoms with Gasteiger partial charge in [0.25, 0.3) is 0 Å². The zero-order chi connectivity index (χ0) is 12.6. The lowest BCUT2D eigenvalue weighted by Gasteiger charge is -2.43. The van der Waals surface area contributed by atoms with Crippen LogP contribution < -0.4 is 5.32 Å². The first-order chi connectivity index (χ1) is 8.29. The molecule has 1 aliphatic carbocycles. The molecule has 1 rings (SSSR count). The van der Waals surface area contributed by atoms with Gasteiger partial charge in [-0.3, -0.25) is 0 Å². The molecule has 0 bridgehead atoms. The van der Waals surface area contributed by atoms with E-state index in [1.54, 1.807) is 0 Å². The molecule has 0 aromatic rings. The number of nitrogens with one attached hydrogen (secondary N) is 1. The third-order valence-corrected chi connectivity index (χ3v) is 3.81. The smallest absolute Gasteiger partial charge is 0.0837 e. The summed E-state index contributed by atoms with van der Waals surface area (Å²) in [6, 6.07) is 0.445. The van der Waals surface area contributed by atoms with Crippen molar-refractivity contribution >= 4 is 0 Å². The first-order valence-electron chi connectivity index (χ1n) is 7.27. The highest BCUT2D eigenvalue weighted by molar-refractivity contribution is 4.98. The first-order valence-corrected chi connectivity index (χ1v) is 7.27. The molecule has 0 spiro atoms. The number of ether oxygens (including phenoxy) is 1. The van der Waals surface area contributed by atoms with Gasteiger partial charge in [-0.25, -0.2) is 0 Å². The highest BCUT2D eigenvalue weighted by atomic mass is 16.5. The van der Waals surface area contributed by atoms with Crippen molar-refractivity contribution in [3.8, 4) is 0 Å². The highest BCUT2D eigenvalue weighted by Crippen LogP contribution is 2.35. The van der Waals surface area contributed by atoms with Gasteiger partial charge in [0.05, 0.1) is 5.60 Å². The Labute approximate surface area is 107 Å². The van der Waals surface area contributed by atoms with Gasteiger partial charge in [0.15, 0.2) is 0 Å². The monoisotopic (exact) mass is 239 g/mol. The van der Waals surface area contributed by atoms with Crippen LogP contribution in [0.3, 0.4) is 0 Å². The van der Waals surface area contributed by atoms with E-state index < -0.39 is 0 Å². The Balaban J connectivity index is 2.70. The van der Waals surface area contributed by atoms with Crippen LogP contribution in [0.4, 0.5) is 0 Å². The van der Waals surface area contributed by atoms with Crippen LogP contribution in [0.1, 0.15) is 58.8 Å². The van der Waals surface area contributed by atoms with E-state index in [0.29, 0.717) is 6.04 Å². The van der Waals surface area contributed by atoms with Gasteiger partial charge in [0, 0.05) is 12.6 Å². The van der Waals surface area contributed by atoms with Crippen molar-refractivity contribution in [3.05, 3.63) is 12.7 Å². The molecule has 0 saturated heterocycles. The lowest BCUT2D eigenvalue weighted by molar-refractivity contribution is -0.0891. The van der Waals surface area contributed by atoms with Crippen molar-refractivity contribution < 1.29 is 4.74 Å². The maximum Gasteiger partial charge on any atom is 0.0837 e. The molecule has 17 heavy (non-hydrogen) atoms. The number of hydrogen-bond acceptors (Lipinski definition) is 2. The van der Waals surface area contributed by atoms with Crippen LogP contribution in [-0.2, 0) is 4.74 Å².